The molecule has 1 aromatic heterocycles. The summed E-state index contributed by atoms with van der Waals surface area (Å²) in [7, 11) is -3.84. The number of aryl methyl sites for hydroxylation is 4. The molecule has 1 fully saturated rings. The number of amides is 1. The van der Waals surface area contributed by atoms with Crippen molar-refractivity contribution in [1.29, 1.82) is 0 Å². The molecule has 1 aliphatic heterocycles. The fourth-order valence-electron chi connectivity index (χ4n) is 4.68. The molecular weight excluding hydrogens is 482 g/mol. The molecule has 0 spiro atoms. The minimum atomic E-state index is -3.84. The number of hydrogen-bond acceptors (Lipinski definition) is 6. The highest BCUT2D eigenvalue weighted by Crippen LogP contribution is 2.35. The van der Waals surface area contributed by atoms with Crippen molar-refractivity contribution in [3.63, 3.8) is 0 Å². The van der Waals surface area contributed by atoms with Crippen LogP contribution >= 0.6 is 11.3 Å². The van der Waals surface area contributed by atoms with Gasteiger partial charge in [-0.15, -0.1) is 11.3 Å². The first kappa shape index (κ1) is 25.2. The van der Waals surface area contributed by atoms with E-state index in [-0.39, 0.29) is 16.5 Å². The molecule has 3 aromatic rings. The van der Waals surface area contributed by atoms with E-state index >= 15 is 0 Å². The first-order valence-electron chi connectivity index (χ1n) is 11.5. The average molecular weight is 514 g/mol. The summed E-state index contributed by atoms with van der Waals surface area (Å²) in [4.78, 5) is 16.1. The maximum atomic E-state index is 13.3. The summed E-state index contributed by atoms with van der Waals surface area (Å²) >= 11 is 1.20. The molecule has 1 saturated heterocycles. The van der Waals surface area contributed by atoms with E-state index in [1.54, 1.807) is 30.5 Å². The lowest BCUT2D eigenvalue weighted by atomic mass is 10.0. The van der Waals surface area contributed by atoms with Gasteiger partial charge in [0.15, 0.2) is 0 Å². The topological polar surface area (TPSA) is 87.7 Å². The maximum absolute atomic E-state index is 13.3. The van der Waals surface area contributed by atoms with E-state index in [0.717, 1.165) is 46.7 Å². The quantitative estimate of drug-likeness (QED) is 0.474. The monoisotopic (exact) mass is 513 g/mol. The van der Waals surface area contributed by atoms with Crippen molar-refractivity contribution in [1.82, 2.24) is 0 Å². The summed E-state index contributed by atoms with van der Waals surface area (Å²) in [6.45, 7) is 12.7. The molecular formula is C26H31N3O4S2. The molecule has 2 N–H and O–H groups in total. The molecule has 9 heteroatoms. The molecule has 4 rings (SSSR count). The molecule has 1 aliphatic rings. The van der Waals surface area contributed by atoms with Gasteiger partial charge in [-0.2, -0.15) is 0 Å². The number of benzene rings is 2. The normalized spacial score (nSPS) is 14.1. The van der Waals surface area contributed by atoms with Crippen molar-refractivity contribution in [2.24, 2.45) is 0 Å². The van der Waals surface area contributed by atoms with Crippen LogP contribution in [0.5, 0.6) is 0 Å². The number of hydrogen-bond donors (Lipinski definition) is 2. The number of ether oxygens (including phenoxy) is 1. The summed E-state index contributed by atoms with van der Waals surface area (Å²) in [6, 6.07) is 8.87. The minimum Gasteiger partial charge on any atom is -0.378 e. The number of morpholine rings is 1. The molecule has 0 bridgehead atoms. The first-order chi connectivity index (χ1) is 16.6. The van der Waals surface area contributed by atoms with Crippen LogP contribution in [0.1, 0.15) is 37.5 Å². The Kier molecular flexibility index (Phi) is 7.21. The number of thiophene rings is 1. The molecule has 0 saturated carbocycles. The second-order valence-electron chi connectivity index (χ2n) is 8.95. The fraction of sp³-hybridized carbons (Fsp3) is 0.346. The van der Waals surface area contributed by atoms with Gasteiger partial charge in [-0.25, -0.2) is 8.42 Å². The van der Waals surface area contributed by atoms with E-state index in [2.05, 4.69) is 27.9 Å². The average Bonchev–Trinajstić information content (AvgIpc) is 3.24. The third kappa shape index (κ3) is 5.22. The Hall–Kier alpha value is -2.88. The van der Waals surface area contributed by atoms with Crippen LogP contribution in [0, 0.1) is 34.6 Å². The van der Waals surface area contributed by atoms with Crippen molar-refractivity contribution in [3.8, 4) is 0 Å². The summed E-state index contributed by atoms with van der Waals surface area (Å²) in [5, 5.41) is 4.76. The number of carbonyl (C=O) groups is 1. The van der Waals surface area contributed by atoms with Gasteiger partial charge in [-0.05, 0) is 74.4 Å². The van der Waals surface area contributed by atoms with Crippen LogP contribution < -0.4 is 14.9 Å². The van der Waals surface area contributed by atoms with E-state index < -0.39 is 10.0 Å². The lowest BCUT2D eigenvalue weighted by molar-refractivity contribution is 0.103. The highest BCUT2D eigenvalue weighted by molar-refractivity contribution is 7.92. The summed E-state index contributed by atoms with van der Waals surface area (Å²) in [5.41, 5.74) is 6.86. The Morgan fingerprint density at radius 1 is 0.971 bits per heavy atom. The highest BCUT2D eigenvalue weighted by atomic mass is 32.2. The van der Waals surface area contributed by atoms with Crippen molar-refractivity contribution >= 4 is 44.3 Å². The molecule has 0 atom stereocenters. The van der Waals surface area contributed by atoms with Gasteiger partial charge in [0.25, 0.3) is 15.9 Å². The van der Waals surface area contributed by atoms with Crippen molar-refractivity contribution < 1.29 is 17.9 Å². The fourth-order valence-corrected chi connectivity index (χ4v) is 6.79. The molecule has 186 valence electrons. The van der Waals surface area contributed by atoms with Gasteiger partial charge in [-0.3, -0.25) is 9.52 Å². The largest absolute Gasteiger partial charge is 0.378 e. The van der Waals surface area contributed by atoms with Gasteiger partial charge in [0.1, 0.15) is 4.88 Å². The van der Waals surface area contributed by atoms with E-state index in [9.17, 15) is 13.2 Å². The van der Waals surface area contributed by atoms with Crippen LogP contribution in [0.15, 0.2) is 40.6 Å². The minimum absolute atomic E-state index is 0.195. The second kappa shape index (κ2) is 10.0. The van der Waals surface area contributed by atoms with E-state index in [1.807, 2.05) is 26.8 Å². The molecule has 0 aliphatic carbocycles. The zero-order chi connectivity index (χ0) is 25.3. The third-order valence-corrected chi connectivity index (χ3v) is 8.67. The molecule has 35 heavy (non-hydrogen) atoms. The van der Waals surface area contributed by atoms with Crippen LogP contribution in [-0.4, -0.2) is 40.6 Å². The van der Waals surface area contributed by atoms with E-state index in [1.165, 1.54) is 11.3 Å². The van der Waals surface area contributed by atoms with Gasteiger partial charge < -0.3 is 15.0 Å². The molecule has 1 amide bonds. The molecule has 2 aromatic carbocycles. The number of sulfonamides is 1. The molecule has 7 nitrogen and oxygen atoms in total. The highest BCUT2D eigenvalue weighted by Gasteiger charge is 2.24. The lowest BCUT2D eigenvalue weighted by Crippen LogP contribution is -2.37. The van der Waals surface area contributed by atoms with Gasteiger partial charge in [0.05, 0.1) is 23.8 Å². The van der Waals surface area contributed by atoms with Crippen molar-refractivity contribution in [2.75, 3.05) is 41.2 Å². The number of nitrogens with one attached hydrogen (secondary N) is 2. The van der Waals surface area contributed by atoms with Gasteiger partial charge in [0, 0.05) is 24.5 Å². The number of nitrogens with zero attached hydrogens (tertiary/aromatic N) is 1. The number of anilines is 3. The van der Waals surface area contributed by atoms with E-state index in [4.69, 9.17) is 4.74 Å². The van der Waals surface area contributed by atoms with Crippen molar-refractivity contribution in [3.05, 3.63) is 68.4 Å². The van der Waals surface area contributed by atoms with Crippen LogP contribution in [-0.2, 0) is 14.8 Å². The summed E-state index contributed by atoms with van der Waals surface area (Å²) < 4.78 is 34.3. The molecule has 0 unspecified atom stereocenters. The second-order valence-corrected chi connectivity index (χ2v) is 11.5. The van der Waals surface area contributed by atoms with Gasteiger partial charge >= 0.3 is 0 Å². The Morgan fingerprint density at radius 3 is 2.37 bits per heavy atom. The molecule has 2 heterocycles. The standard InChI is InChI=1S/C26H31N3O4S2/c1-16-6-7-22(17(2)14-16)35(31,32)28-21-8-13-34-25(21)26(30)27-23-18(3)15-19(4)24(20(23)5)29-9-11-33-12-10-29/h6-8,13-15,28H,9-12H2,1-5H3,(H,27,30). The Labute approximate surface area is 211 Å². The van der Waals surface area contributed by atoms with Gasteiger partial charge in [0.2, 0.25) is 0 Å². The summed E-state index contributed by atoms with van der Waals surface area (Å²) in [6.07, 6.45) is 0. The van der Waals surface area contributed by atoms with Gasteiger partial charge in [-0.1, -0.05) is 23.8 Å². The zero-order valence-electron chi connectivity index (χ0n) is 20.7. The smallest absolute Gasteiger partial charge is 0.267 e. The Balaban J connectivity index is 1.61. The number of rotatable bonds is 6. The maximum Gasteiger partial charge on any atom is 0.267 e. The number of carbonyl (C=O) groups excluding carboxylic acids is 1. The first-order valence-corrected chi connectivity index (χ1v) is 13.9. The van der Waals surface area contributed by atoms with Crippen LogP contribution in [0.4, 0.5) is 17.1 Å². The molecule has 0 radical (unpaired) electrons. The van der Waals surface area contributed by atoms with Crippen LogP contribution in [0.2, 0.25) is 0 Å². The Morgan fingerprint density at radius 2 is 1.69 bits per heavy atom. The summed E-state index contributed by atoms with van der Waals surface area (Å²) in [5.74, 6) is -0.346. The zero-order valence-corrected chi connectivity index (χ0v) is 22.3. The van der Waals surface area contributed by atoms with Crippen LogP contribution in [0.25, 0.3) is 0 Å². The van der Waals surface area contributed by atoms with Crippen molar-refractivity contribution in [2.45, 2.75) is 39.5 Å². The third-order valence-electron chi connectivity index (χ3n) is 6.23. The van der Waals surface area contributed by atoms with Crippen LogP contribution in [0.3, 0.4) is 0 Å². The Bertz CT molecular complexity index is 1370. The van der Waals surface area contributed by atoms with E-state index in [0.29, 0.717) is 23.7 Å². The lowest BCUT2D eigenvalue weighted by Gasteiger charge is -2.32. The predicted octanol–water partition coefficient (Wildman–Crippen LogP) is 5.18. The predicted molar refractivity (Wildman–Crippen MR) is 143 cm³/mol. The SMILES string of the molecule is Cc1ccc(S(=O)(=O)Nc2ccsc2C(=O)Nc2c(C)cc(C)c(N3CCOCC3)c2C)c(C)c1.